The molecule has 1 unspecified atom stereocenters. The summed E-state index contributed by atoms with van der Waals surface area (Å²) >= 11 is 6.57. The number of benzene rings is 1. The zero-order chi connectivity index (χ0) is 22.7. The van der Waals surface area contributed by atoms with Gasteiger partial charge in [-0.15, -0.1) is 0 Å². The van der Waals surface area contributed by atoms with Crippen LogP contribution in [0.15, 0.2) is 17.1 Å². The number of hydrogen-bond acceptors (Lipinski definition) is 4. The fourth-order valence-electron chi connectivity index (χ4n) is 4.54. The maximum Gasteiger partial charge on any atom is 0.471 e. The lowest BCUT2D eigenvalue weighted by molar-refractivity contribution is -0.185. The van der Waals surface area contributed by atoms with Gasteiger partial charge in [0.2, 0.25) is 0 Å². The maximum atomic E-state index is 12.9. The first-order valence-corrected chi connectivity index (χ1v) is 10.4. The second-order valence-corrected chi connectivity index (χ2v) is 8.49. The lowest BCUT2D eigenvalue weighted by Crippen LogP contribution is -2.52. The predicted molar refractivity (Wildman–Crippen MR) is 111 cm³/mol. The second-order valence-electron chi connectivity index (χ2n) is 8.08. The molecule has 0 bridgehead atoms. The van der Waals surface area contributed by atoms with E-state index < -0.39 is 12.1 Å². The van der Waals surface area contributed by atoms with Crippen LogP contribution >= 0.6 is 11.6 Å². The number of aryl methyl sites for hydroxylation is 1. The number of carbonyl (C=O) groups excluding carboxylic acids is 2. The summed E-state index contributed by atoms with van der Waals surface area (Å²) in [6.45, 7) is 3.61. The highest BCUT2D eigenvalue weighted by Gasteiger charge is 2.43. The Balaban J connectivity index is 1.79. The van der Waals surface area contributed by atoms with Crippen molar-refractivity contribution in [2.45, 2.75) is 38.9 Å². The van der Waals surface area contributed by atoms with Crippen LogP contribution in [0.25, 0.3) is 10.9 Å². The van der Waals surface area contributed by atoms with Crippen LogP contribution in [0.1, 0.15) is 42.2 Å². The summed E-state index contributed by atoms with van der Waals surface area (Å²) < 4.78 is 40.2. The molecule has 166 valence electrons. The van der Waals surface area contributed by atoms with Crippen LogP contribution in [0.5, 0.6) is 0 Å². The Kier molecular flexibility index (Phi) is 5.28. The van der Waals surface area contributed by atoms with E-state index in [1.165, 1.54) is 6.92 Å². The first-order valence-electron chi connectivity index (χ1n) is 10.0. The topological polar surface area (TPSA) is 62.6 Å². The van der Waals surface area contributed by atoms with Crippen LogP contribution < -0.4 is 10.3 Å². The molecule has 1 aromatic carbocycles. The second kappa shape index (κ2) is 7.55. The monoisotopic (exact) mass is 455 g/mol. The third-order valence-electron chi connectivity index (χ3n) is 6.13. The van der Waals surface area contributed by atoms with Crippen LogP contribution in [-0.4, -0.2) is 53.5 Å². The number of rotatable bonds is 2. The molecule has 2 aliphatic rings. The zero-order valence-corrected chi connectivity index (χ0v) is 17.8. The van der Waals surface area contributed by atoms with Crippen molar-refractivity contribution >= 4 is 39.9 Å². The molecular weight excluding hydrogens is 435 g/mol. The lowest BCUT2D eigenvalue weighted by atomic mass is 9.93. The summed E-state index contributed by atoms with van der Waals surface area (Å²) in [5, 5.41) is 0.686. The van der Waals surface area contributed by atoms with Crippen molar-refractivity contribution in [1.29, 1.82) is 0 Å². The molecule has 1 amide bonds. The van der Waals surface area contributed by atoms with Gasteiger partial charge in [-0.2, -0.15) is 13.2 Å². The van der Waals surface area contributed by atoms with Gasteiger partial charge in [-0.05, 0) is 32.8 Å². The minimum Gasteiger partial charge on any atom is -0.366 e. The molecule has 0 spiro atoms. The Hall–Kier alpha value is -2.55. The summed E-state index contributed by atoms with van der Waals surface area (Å²) in [7, 11) is 0. The minimum atomic E-state index is -4.89. The maximum absolute atomic E-state index is 12.9. The fraction of sp³-hybridized carbons (Fsp3) is 0.476. The van der Waals surface area contributed by atoms with E-state index in [2.05, 4.69) is 0 Å². The summed E-state index contributed by atoms with van der Waals surface area (Å²) in [6.07, 6.45) is -1.89. The van der Waals surface area contributed by atoms with Crippen LogP contribution in [0.3, 0.4) is 0 Å². The van der Waals surface area contributed by atoms with Crippen molar-refractivity contribution in [1.82, 2.24) is 9.47 Å². The first-order chi connectivity index (χ1) is 14.5. The largest absolute Gasteiger partial charge is 0.471 e. The molecular formula is C21H21ClF3N3O3. The van der Waals surface area contributed by atoms with Crippen molar-refractivity contribution in [3.05, 3.63) is 38.6 Å². The minimum absolute atomic E-state index is 0.0708. The number of amides is 1. The summed E-state index contributed by atoms with van der Waals surface area (Å²) in [5.74, 6) is -2.15. The van der Waals surface area contributed by atoms with Crippen molar-refractivity contribution in [3.63, 3.8) is 0 Å². The zero-order valence-electron chi connectivity index (χ0n) is 17.1. The van der Waals surface area contributed by atoms with Crippen LogP contribution in [0.4, 0.5) is 18.9 Å². The standard InChI is InChI=1S/C21H21ClF3N3O3/c1-11-3-4-13-17-14(19(30)15(12(2)29)10-28(11)17)9-16(22)18(13)26-5-7-27(8-6-26)20(31)21(23,24)25/h9-11H,3-8H2,1-2H3. The highest BCUT2D eigenvalue weighted by Crippen LogP contribution is 2.41. The SMILES string of the molecule is CC(=O)c1cn2c3c(c(N4CCN(C(=O)C(F)(F)F)CC4)c(Cl)cc3c1=O)CCC2C. The highest BCUT2D eigenvalue weighted by atomic mass is 35.5. The van der Waals surface area contributed by atoms with Crippen LogP contribution in [0.2, 0.25) is 5.02 Å². The molecule has 6 nitrogen and oxygen atoms in total. The Bertz CT molecular complexity index is 1150. The number of nitrogens with zero attached hydrogens (tertiary/aromatic N) is 3. The molecule has 1 fully saturated rings. The Morgan fingerprint density at radius 1 is 1.16 bits per heavy atom. The van der Waals surface area contributed by atoms with E-state index in [0.29, 0.717) is 28.0 Å². The van der Waals surface area contributed by atoms with E-state index in [4.69, 9.17) is 11.6 Å². The fourth-order valence-corrected chi connectivity index (χ4v) is 4.88. The van der Waals surface area contributed by atoms with Crippen molar-refractivity contribution < 1.29 is 22.8 Å². The van der Waals surface area contributed by atoms with E-state index in [1.807, 2.05) is 16.4 Å². The van der Waals surface area contributed by atoms with E-state index in [1.54, 1.807) is 12.3 Å². The molecule has 2 aromatic rings. The molecule has 0 saturated carbocycles. The number of ketones is 1. The number of piperazine rings is 1. The number of aromatic nitrogens is 1. The normalized spacial score (nSPS) is 19.1. The molecule has 1 aromatic heterocycles. The molecule has 0 aliphatic carbocycles. The third kappa shape index (κ3) is 3.58. The Labute approximate surface area is 181 Å². The Morgan fingerprint density at radius 3 is 2.39 bits per heavy atom. The summed E-state index contributed by atoms with van der Waals surface area (Å²) in [5.41, 5.74) is 1.98. The number of Topliss-reactive ketones (excluding diaryl/α,β-unsaturated/α-hetero) is 1. The molecule has 10 heteroatoms. The van der Waals surface area contributed by atoms with E-state index in [0.717, 1.165) is 16.9 Å². The van der Waals surface area contributed by atoms with Crippen molar-refractivity contribution in [2.75, 3.05) is 31.1 Å². The van der Waals surface area contributed by atoms with Gasteiger partial charge in [-0.3, -0.25) is 14.4 Å². The number of pyridine rings is 1. The van der Waals surface area contributed by atoms with Crippen molar-refractivity contribution in [2.24, 2.45) is 0 Å². The van der Waals surface area contributed by atoms with Gasteiger partial charge in [-0.25, -0.2) is 0 Å². The van der Waals surface area contributed by atoms with Gasteiger partial charge in [0, 0.05) is 49.4 Å². The Morgan fingerprint density at radius 2 is 1.81 bits per heavy atom. The molecule has 1 atom stereocenters. The van der Waals surface area contributed by atoms with E-state index >= 15 is 0 Å². The molecule has 31 heavy (non-hydrogen) atoms. The molecule has 4 rings (SSSR count). The molecule has 0 N–H and O–H groups in total. The van der Waals surface area contributed by atoms with Gasteiger partial charge in [0.25, 0.3) is 0 Å². The highest BCUT2D eigenvalue weighted by molar-refractivity contribution is 6.34. The van der Waals surface area contributed by atoms with Gasteiger partial charge in [0.15, 0.2) is 11.2 Å². The van der Waals surface area contributed by atoms with Gasteiger partial charge in [0.1, 0.15) is 0 Å². The number of halogens is 4. The van der Waals surface area contributed by atoms with Crippen LogP contribution in [-0.2, 0) is 11.2 Å². The molecule has 0 radical (unpaired) electrons. The summed E-state index contributed by atoms with van der Waals surface area (Å²) in [6, 6.07) is 1.62. The third-order valence-corrected chi connectivity index (χ3v) is 6.42. The van der Waals surface area contributed by atoms with E-state index in [9.17, 15) is 27.6 Å². The predicted octanol–water partition coefficient (Wildman–Crippen LogP) is 3.58. The average Bonchev–Trinajstić information content (AvgIpc) is 2.70. The number of hydrogen-bond donors (Lipinski definition) is 0. The average molecular weight is 456 g/mol. The van der Waals surface area contributed by atoms with E-state index in [-0.39, 0.29) is 49.0 Å². The number of anilines is 1. The van der Waals surface area contributed by atoms with Gasteiger partial charge in [-0.1, -0.05) is 11.6 Å². The molecule has 2 aliphatic heterocycles. The van der Waals surface area contributed by atoms with Gasteiger partial charge in [0.05, 0.1) is 21.8 Å². The molecule has 3 heterocycles. The summed E-state index contributed by atoms with van der Waals surface area (Å²) in [4.78, 5) is 39.1. The number of alkyl halides is 3. The number of carbonyl (C=O) groups is 2. The molecule has 1 saturated heterocycles. The van der Waals surface area contributed by atoms with Gasteiger partial charge < -0.3 is 14.4 Å². The smallest absolute Gasteiger partial charge is 0.366 e. The van der Waals surface area contributed by atoms with Crippen molar-refractivity contribution in [3.8, 4) is 0 Å². The lowest BCUT2D eigenvalue weighted by Gasteiger charge is -2.39. The van der Waals surface area contributed by atoms with Gasteiger partial charge >= 0.3 is 12.1 Å². The van der Waals surface area contributed by atoms with Crippen LogP contribution in [0, 0.1) is 0 Å². The first kappa shape index (κ1) is 21.7. The quantitative estimate of drug-likeness (QED) is 0.649.